The van der Waals surface area contributed by atoms with Gasteiger partial charge < -0.3 is 9.88 Å². The number of nitrogens with one attached hydrogen (secondary N) is 1. The van der Waals surface area contributed by atoms with E-state index in [1.807, 2.05) is 5.32 Å². The molecule has 0 spiro atoms. The molecule has 0 aliphatic rings. The van der Waals surface area contributed by atoms with Crippen molar-refractivity contribution in [2.75, 3.05) is 5.32 Å². The molecule has 2 rings (SSSR count). The first-order chi connectivity index (χ1) is 13.5. The first kappa shape index (κ1) is 23.4. The maximum Gasteiger partial charge on any atom is 0.433 e. The first-order valence-corrected chi connectivity index (χ1v) is 9.37. The number of carbonyl (C=O) groups excluding carboxylic acids is 1. The lowest BCUT2D eigenvalue weighted by molar-refractivity contribution is -0.141. The van der Waals surface area contributed by atoms with E-state index in [0.29, 0.717) is 19.2 Å². The summed E-state index contributed by atoms with van der Waals surface area (Å²) >= 11 is 0. The number of carbonyl (C=O) groups is 1. The van der Waals surface area contributed by atoms with Crippen molar-refractivity contribution in [3.8, 4) is 0 Å². The molecule has 0 unspecified atom stereocenters. The van der Waals surface area contributed by atoms with Crippen molar-refractivity contribution in [3.05, 3.63) is 41.7 Å². The smallest absolute Gasteiger partial charge is 0.343 e. The Kier molecular flexibility index (Phi) is 6.03. The second kappa shape index (κ2) is 7.74. The Bertz CT molecular complexity index is 1120. The van der Waals surface area contributed by atoms with Crippen LogP contribution in [0.25, 0.3) is 0 Å². The van der Waals surface area contributed by atoms with Crippen LogP contribution in [0.3, 0.4) is 0 Å². The fourth-order valence-corrected chi connectivity index (χ4v) is 3.41. The molecular weight excluding hydrogens is 442 g/mol. The maximum atomic E-state index is 14.6. The lowest BCUT2D eigenvalue weighted by atomic mass is 10.3. The summed E-state index contributed by atoms with van der Waals surface area (Å²) < 4.78 is 107. The van der Waals surface area contributed by atoms with E-state index in [9.17, 15) is 39.6 Å². The van der Waals surface area contributed by atoms with Crippen LogP contribution in [0.2, 0.25) is 0 Å². The number of anilines is 1. The highest BCUT2D eigenvalue weighted by Crippen LogP contribution is 2.29. The van der Waals surface area contributed by atoms with Gasteiger partial charge in [-0.3, -0.25) is 9.78 Å². The highest BCUT2D eigenvalue weighted by atomic mass is 32.2. The van der Waals surface area contributed by atoms with E-state index in [-0.39, 0.29) is 5.69 Å². The number of aromatic nitrogens is 2. The average Bonchev–Trinajstić information content (AvgIpc) is 2.88. The topological polar surface area (TPSA) is 93.4 Å². The van der Waals surface area contributed by atoms with Crippen LogP contribution in [0.4, 0.5) is 32.0 Å². The van der Waals surface area contributed by atoms with E-state index in [0.717, 1.165) is 30.8 Å². The summed E-state index contributed by atoms with van der Waals surface area (Å²) in [5.41, 5.74) is -3.67. The summed E-state index contributed by atoms with van der Waals surface area (Å²) in [5.74, 6) is -6.47. The van der Waals surface area contributed by atoms with Crippen molar-refractivity contribution in [2.45, 2.75) is 30.8 Å². The molecule has 0 aromatic carbocycles. The van der Waals surface area contributed by atoms with Crippen LogP contribution < -0.4 is 5.32 Å². The van der Waals surface area contributed by atoms with Crippen molar-refractivity contribution >= 4 is 27.3 Å². The zero-order valence-electron chi connectivity index (χ0n) is 15.6. The largest absolute Gasteiger partial charge is 0.433 e. The second-order valence-electron chi connectivity index (χ2n) is 6.19. The standard InChI is InChI=1S/C16H14F6N4O3S/c1-8(15(2,18)19)25-30(28,29)10-7-26(3)13(12(10)17)14(27)24-9-4-5-23-11(6-9)16(20,21)22/h4-7H,1-3H3,(H,23,24,27). The molecule has 1 N–H and O–H groups in total. The molecule has 30 heavy (non-hydrogen) atoms. The predicted octanol–water partition coefficient (Wildman–Crippen LogP) is 3.64. The number of rotatable bonds is 5. The Morgan fingerprint density at radius 3 is 2.37 bits per heavy atom. The van der Waals surface area contributed by atoms with E-state index in [1.54, 1.807) is 0 Å². The number of alkyl halides is 5. The summed E-state index contributed by atoms with van der Waals surface area (Å²) in [5, 5.41) is 1.99. The number of sulfonamides is 1. The first-order valence-electron chi connectivity index (χ1n) is 7.93. The van der Waals surface area contributed by atoms with Gasteiger partial charge in [-0.2, -0.15) is 26.0 Å². The SMILES string of the molecule is CC(=NS(=O)(=O)c1cn(C)c(C(=O)Nc2ccnc(C(F)(F)F)c2)c1F)C(C)(F)F. The number of amides is 1. The molecule has 0 atom stereocenters. The van der Waals surface area contributed by atoms with Crippen molar-refractivity contribution in [2.24, 2.45) is 11.4 Å². The molecule has 0 radical (unpaired) electrons. The molecule has 2 heterocycles. The van der Waals surface area contributed by atoms with Gasteiger partial charge >= 0.3 is 6.18 Å². The molecule has 0 aliphatic carbocycles. The maximum absolute atomic E-state index is 14.6. The van der Waals surface area contributed by atoms with Crippen molar-refractivity contribution in [1.82, 2.24) is 9.55 Å². The molecule has 7 nitrogen and oxygen atoms in total. The normalized spacial score (nSPS) is 13.4. The molecule has 2 aromatic rings. The third-order valence-electron chi connectivity index (χ3n) is 3.78. The van der Waals surface area contributed by atoms with Gasteiger partial charge in [0.2, 0.25) is 0 Å². The molecular formula is C16H14F6N4O3S. The number of hydrogen-bond donors (Lipinski definition) is 1. The van der Waals surface area contributed by atoms with Gasteiger partial charge in [-0.25, -0.2) is 13.2 Å². The quantitative estimate of drug-likeness (QED) is 0.549. The molecule has 0 fully saturated rings. The summed E-state index contributed by atoms with van der Waals surface area (Å²) in [6, 6.07) is 1.50. The molecule has 0 saturated carbocycles. The fraction of sp³-hybridized carbons (Fsp3) is 0.312. The van der Waals surface area contributed by atoms with Crippen LogP contribution in [0, 0.1) is 5.82 Å². The summed E-state index contributed by atoms with van der Waals surface area (Å²) in [6.07, 6.45) is -3.40. The van der Waals surface area contributed by atoms with Gasteiger partial charge in [-0.05, 0) is 19.1 Å². The fourth-order valence-electron chi connectivity index (χ4n) is 2.17. The Balaban J connectivity index is 2.42. The van der Waals surface area contributed by atoms with Crippen LogP contribution in [0.1, 0.15) is 30.0 Å². The summed E-state index contributed by atoms with van der Waals surface area (Å²) in [6.45, 7) is 1.12. The number of nitrogens with zero attached hydrogens (tertiary/aromatic N) is 3. The minimum Gasteiger partial charge on any atom is -0.343 e. The Hall–Kier alpha value is -2.90. The van der Waals surface area contributed by atoms with E-state index >= 15 is 0 Å². The minimum absolute atomic E-state index is 0.383. The molecule has 0 saturated heterocycles. The van der Waals surface area contributed by atoms with Crippen molar-refractivity contribution in [1.29, 1.82) is 0 Å². The van der Waals surface area contributed by atoms with E-state index in [2.05, 4.69) is 9.38 Å². The predicted molar refractivity (Wildman–Crippen MR) is 93.5 cm³/mol. The van der Waals surface area contributed by atoms with E-state index < -0.39 is 55.8 Å². The number of aryl methyl sites for hydroxylation is 1. The average molecular weight is 456 g/mol. The van der Waals surface area contributed by atoms with Gasteiger partial charge in [0, 0.05) is 32.1 Å². The third-order valence-corrected chi connectivity index (χ3v) is 5.14. The zero-order chi connectivity index (χ0) is 23.1. The molecule has 1 amide bonds. The zero-order valence-corrected chi connectivity index (χ0v) is 16.4. The third kappa shape index (κ3) is 4.98. The van der Waals surface area contributed by atoms with Crippen LogP contribution in [0.15, 0.2) is 33.8 Å². The Labute approximate surface area is 166 Å². The summed E-state index contributed by atoms with van der Waals surface area (Å²) in [7, 11) is -3.86. The number of pyridine rings is 1. The summed E-state index contributed by atoms with van der Waals surface area (Å²) in [4.78, 5) is 14.3. The van der Waals surface area contributed by atoms with Crippen molar-refractivity contribution in [3.63, 3.8) is 0 Å². The van der Waals surface area contributed by atoms with Gasteiger partial charge in [0.05, 0.1) is 5.71 Å². The van der Waals surface area contributed by atoms with Gasteiger partial charge in [-0.15, -0.1) is 0 Å². The van der Waals surface area contributed by atoms with Gasteiger partial charge in [0.1, 0.15) is 16.3 Å². The van der Waals surface area contributed by atoms with Gasteiger partial charge in [-0.1, -0.05) is 0 Å². The molecule has 14 heteroatoms. The molecule has 164 valence electrons. The monoisotopic (exact) mass is 456 g/mol. The second-order valence-corrected chi connectivity index (χ2v) is 7.76. The van der Waals surface area contributed by atoms with E-state index in [4.69, 9.17) is 0 Å². The molecule has 0 bridgehead atoms. The molecule has 0 aliphatic heterocycles. The lowest BCUT2D eigenvalue weighted by Gasteiger charge is -2.09. The van der Waals surface area contributed by atoms with Crippen LogP contribution >= 0.6 is 0 Å². The lowest BCUT2D eigenvalue weighted by Crippen LogP contribution is -2.22. The van der Waals surface area contributed by atoms with Gasteiger partial charge in [0.15, 0.2) is 5.82 Å². The number of halogens is 6. The highest BCUT2D eigenvalue weighted by molar-refractivity contribution is 7.90. The van der Waals surface area contributed by atoms with Crippen LogP contribution in [-0.2, 0) is 23.2 Å². The Morgan fingerprint density at radius 2 is 1.83 bits per heavy atom. The van der Waals surface area contributed by atoms with Crippen LogP contribution in [-0.4, -0.2) is 35.5 Å². The molecule has 2 aromatic heterocycles. The van der Waals surface area contributed by atoms with E-state index in [1.165, 1.54) is 0 Å². The van der Waals surface area contributed by atoms with Gasteiger partial charge in [0.25, 0.3) is 21.9 Å². The van der Waals surface area contributed by atoms with Crippen molar-refractivity contribution < 1.29 is 39.6 Å². The number of hydrogen-bond acceptors (Lipinski definition) is 4. The Morgan fingerprint density at radius 1 is 1.23 bits per heavy atom. The van der Waals surface area contributed by atoms with Crippen LogP contribution in [0.5, 0.6) is 0 Å². The minimum atomic E-state index is -4.93. The highest BCUT2D eigenvalue weighted by Gasteiger charge is 2.34.